The standard InChI is InChI=1S/C23H29ClN4O6S/c1-16(22(30)25-23(2,3)4)26(14-17-9-11-18(24)12-10-17)21(29)15-27(35(5,33)34)19-7-6-8-20(13-19)28(31)32/h6-13,16H,14-15H2,1-5H3,(H,25,30)/t16-/m1/s1. The molecule has 0 aliphatic heterocycles. The van der Waals surface area contributed by atoms with E-state index in [1.54, 1.807) is 52.0 Å². The van der Waals surface area contributed by atoms with E-state index in [4.69, 9.17) is 11.6 Å². The third-order valence-electron chi connectivity index (χ3n) is 4.94. The molecule has 0 aromatic heterocycles. The molecule has 0 heterocycles. The van der Waals surface area contributed by atoms with Crippen LogP contribution in [-0.2, 0) is 26.2 Å². The second-order valence-electron chi connectivity index (χ2n) is 9.11. The molecule has 10 nitrogen and oxygen atoms in total. The zero-order chi connectivity index (χ0) is 26.6. The molecule has 0 saturated heterocycles. The molecular formula is C23H29ClN4O6S. The van der Waals surface area contributed by atoms with Crippen LogP contribution in [0.4, 0.5) is 11.4 Å². The van der Waals surface area contributed by atoms with Crippen LogP contribution in [0, 0.1) is 10.1 Å². The number of nitrogens with one attached hydrogen (secondary N) is 1. The summed E-state index contributed by atoms with van der Waals surface area (Å²) in [5, 5.41) is 14.5. The fraction of sp³-hybridized carbons (Fsp3) is 0.391. The van der Waals surface area contributed by atoms with Crippen LogP contribution >= 0.6 is 11.6 Å². The first-order chi connectivity index (χ1) is 16.1. The Morgan fingerprint density at radius 1 is 1.14 bits per heavy atom. The molecule has 0 fully saturated rings. The molecule has 12 heteroatoms. The van der Waals surface area contributed by atoms with Gasteiger partial charge in [-0.15, -0.1) is 0 Å². The number of benzene rings is 2. The second kappa shape index (κ2) is 11.0. The van der Waals surface area contributed by atoms with Crippen molar-refractivity contribution in [3.63, 3.8) is 0 Å². The summed E-state index contributed by atoms with van der Waals surface area (Å²) >= 11 is 5.95. The number of non-ortho nitro benzene ring substituents is 1. The highest BCUT2D eigenvalue weighted by molar-refractivity contribution is 7.92. The lowest BCUT2D eigenvalue weighted by molar-refractivity contribution is -0.384. The van der Waals surface area contributed by atoms with Crippen LogP contribution < -0.4 is 9.62 Å². The molecule has 2 aromatic rings. The number of anilines is 1. The fourth-order valence-corrected chi connectivity index (χ4v) is 4.19. The summed E-state index contributed by atoms with van der Waals surface area (Å²) in [6.07, 6.45) is 0.901. The minimum absolute atomic E-state index is 0.0151. The Kier molecular flexibility index (Phi) is 8.85. The van der Waals surface area contributed by atoms with Gasteiger partial charge in [0.2, 0.25) is 21.8 Å². The van der Waals surface area contributed by atoms with Crippen LogP contribution in [0.15, 0.2) is 48.5 Å². The Morgan fingerprint density at radius 2 is 1.74 bits per heavy atom. The maximum Gasteiger partial charge on any atom is 0.271 e. The van der Waals surface area contributed by atoms with Gasteiger partial charge >= 0.3 is 0 Å². The zero-order valence-corrected chi connectivity index (χ0v) is 21.8. The molecule has 0 radical (unpaired) electrons. The molecule has 0 aliphatic rings. The largest absolute Gasteiger partial charge is 0.350 e. The van der Waals surface area contributed by atoms with Gasteiger partial charge in [0.05, 0.1) is 16.9 Å². The van der Waals surface area contributed by atoms with Gasteiger partial charge in [-0.3, -0.25) is 24.0 Å². The number of sulfonamides is 1. The van der Waals surface area contributed by atoms with Gasteiger partial charge in [-0.25, -0.2) is 8.42 Å². The van der Waals surface area contributed by atoms with Crippen molar-refractivity contribution in [3.8, 4) is 0 Å². The Morgan fingerprint density at radius 3 is 2.26 bits per heavy atom. The molecular weight excluding hydrogens is 496 g/mol. The third-order valence-corrected chi connectivity index (χ3v) is 6.33. The van der Waals surface area contributed by atoms with E-state index in [0.29, 0.717) is 10.6 Å². The van der Waals surface area contributed by atoms with E-state index in [0.717, 1.165) is 16.6 Å². The molecule has 35 heavy (non-hydrogen) atoms. The average Bonchev–Trinajstić information content (AvgIpc) is 2.74. The molecule has 2 aromatic carbocycles. The van der Waals surface area contributed by atoms with Crippen molar-refractivity contribution in [1.82, 2.24) is 10.2 Å². The molecule has 0 bridgehead atoms. The number of halogens is 1. The van der Waals surface area contributed by atoms with Crippen molar-refractivity contribution in [1.29, 1.82) is 0 Å². The number of nitro benzene ring substituents is 1. The molecule has 1 atom stereocenters. The molecule has 2 rings (SSSR count). The Labute approximate surface area is 210 Å². The first-order valence-electron chi connectivity index (χ1n) is 10.7. The van der Waals surface area contributed by atoms with Crippen molar-refractivity contribution in [2.24, 2.45) is 0 Å². The number of amides is 2. The van der Waals surface area contributed by atoms with Crippen LogP contribution in [0.5, 0.6) is 0 Å². The lowest BCUT2D eigenvalue weighted by Gasteiger charge is -2.33. The quantitative estimate of drug-likeness (QED) is 0.395. The topological polar surface area (TPSA) is 130 Å². The van der Waals surface area contributed by atoms with Gasteiger partial charge in [-0.2, -0.15) is 0 Å². The van der Waals surface area contributed by atoms with Gasteiger partial charge in [0.15, 0.2) is 0 Å². The summed E-state index contributed by atoms with van der Waals surface area (Å²) in [5.74, 6) is -1.07. The summed E-state index contributed by atoms with van der Waals surface area (Å²) in [6.45, 7) is 6.32. The summed E-state index contributed by atoms with van der Waals surface area (Å²) in [6, 6.07) is 10.7. The predicted molar refractivity (Wildman–Crippen MR) is 135 cm³/mol. The van der Waals surface area contributed by atoms with E-state index >= 15 is 0 Å². The summed E-state index contributed by atoms with van der Waals surface area (Å²) < 4.78 is 25.9. The monoisotopic (exact) mass is 524 g/mol. The molecule has 1 N–H and O–H groups in total. The predicted octanol–water partition coefficient (Wildman–Crippen LogP) is 3.35. The van der Waals surface area contributed by atoms with E-state index in [2.05, 4.69) is 5.32 Å². The van der Waals surface area contributed by atoms with Crippen molar-refractivity contribution in [2.45, 2.75) is 45.8 Å². The number of rotatable bonds is 9. The van der Waals surface area contributed by atoms with E-state index in [1.807, 2.05) is 0 Å². The first-order valence-corrected chi connectivity index (χ1v) is 12.9. The highest BCUT2D eigenvalue weighted by atomic mass is 35.5. The van der Waals surface area contributed by atoms with Crippen LogP contribution in [0.3, 0.4) is 0 Å². The highest BCUT2D eigenvalue weighted by Gasteiger charge is 2.31. The normalized spacial score (nSPS) is 12.5. The van der Waals surface area contributed by atoms with Crippen LogP contribution in [0.25, 0.3) is 0 Å². The Bertz CT molecular complexity index is 1200. The van der Waals surface area contributed by atoms with Gasteiger partial charge < -0.3 is 10.2 Å². The molecule has 2 amide bonds. The zero-order valence-electron chi connectivity index (χ0n) is 20.2. The second-order valence-corrected chi connectivity index (χ2v) is 11.5. The average molecular weight is 525 g/mol. The Balaban J connectivity index is 2.43. The summed E-state index contributed by atoms with van der Waals surface area (Å²) in [4.78, 5) is 38.1. The van der Waals surface area contributed by atoms with Gasteiger partial charge in [0, 0.05) is 29.2 Å². The number of hydrogen-bond donors (Lipinski definition) is 1. The van der Waals surface area contributed by atoms with Crippen LogP contribution in [0.1, 0.15) is 33.3 Å². The van der Waals surface area contributed by atoms with Gasteiger partial charge in [-0.1, -0.05) is 29.8 Å². The van der Waals surface area contributed by atoms with Gasteiger partial charge in [0.1, 0.15) is 12.6 Å². The molecule has 0 saturated carbocycles. The SMILES string of the molecule is C[C@H](C(=O)NC(C)(C)C)N(Cc1ccc(Cl)cc1)C(=O)CN(c1cccc([N+](=O)[O-])c1)S(C)(=O)=O. The van der Waals surface area contributed by atoms with Crippen molar-refractivity contribution < 1.29 is 22.9 Å². The number of carbonyl (C=O) groups excluding carboxylic acids is 2. The van der Waals surface area contributed by atoms with Crippen molar-refractivity contribution in [2.75, 3.05) is 17.1 Å². The van der Waals surface area contributed by atoms with Crippen LogP contribution in [-0.4, -0.2) is 54.4 Å². The lowest BCUT2D eigenvalue weighted by atomic mass is 10.1. The van der Waals surface area contributed by atoms with E-state index in [-0.39, 0.29) is 17.9 Å². The first kappa shape index (κ1) is 28.1. The molecule has 0 unspecified atom stereocenters. The third kappa shape index (κ3) is 8.22. The van der Waals surface area contributed by atoms with Gasteiger partial charge in [-0.05, 0) is 51.5 Å². The maximum atomic E-state index is 13.5. The minimum Gasteiger partial charge on any atom is -0.350 e. The number of hydrogen-bond acceptors (Lipinski definition) is 6. The van der Waals surface area contributed by atoms with Crippen LogP contribution in [0.2, 0.25) is 5.02 Å². The minimum atomic E-state index is -4.00. The fourth-order valence-electron chi connectivity index (χ4n) is 3.22. The molecule has 190 valence electrons. The van der Waals surface area contributed by atoms with E-state index < -0.39 is 44.9 Å². The maximum absolute atomic E-state index is 13.5. The van der Waals surface area contributed by atoms with Crippen molar-refractivity contribution in [3.05, 3.63) is 69.2 Å². The van der Waals surface area contributed by atoms with Gasteiger partial charge in [0.25, 0.3) is 5.69 Å². The summed E-state index contributed by atoms with van der Waals surface area (Å²) in [7, 11) is -4.00. The molecule has 0 aliphatic carbocycles. The number of nitrogens with zero attached hydrogens (tertiary/aromatic N) is 3. The smallest absolute Gasteiger partial charge is 0.271 e. The van der Waals surface area contributed by atoms with E-state index in [9.17, 15) is 28.1 Å². The Hall–Kier alpha value is -3.18. The number of nitro groups is 1. The number of carbonyl (C=O) groups is 2. The summed E-state index contributed by atoms with van der Waals surface area (Å²) in [5.41, 5.74) is -0.227. The van der Waals surface area contributed by atoms with E-state index in [1.165, 1.54) is 23.1 Å². The highest BCUT2D eigenvalue weighted by Crippen LogP contribution is 2.24. The lowest BCUT2D eigenvalue weighted by Crippen LogP contribution is -2.54. The molecule has 0 spiro atoms. The van der Waals surface area contributed by atoms with Crippen molar-refractivity contribution >= 4 is 44.8 Å².